The maximum atomic E-state index is 2.61. The van der Waals surface area contributed by atoms with Crippen LogP contribution in [0.15, 0.2) is 11.6 Å². The Morgan fingerprint density at radius 2 is 1.86 bits per heavy atom. The quantitative estimate of drug-likeness (QED) is 0.706. The van der Waals surface area contributed by atoms with E-state index in [9.17, 15) is 0 Å². The molecule has 0 radical (unpaired) electrons. The molecular formula is C11H20N2S. The molecule has 0 bridgehead atoms. The third kappa shape index (κ3) is 3.21. The summed E-state index contributed by atoms with van der Waals surface area (Å²) in [7, 11) is 0. The van der Waals surface area contributed by atoms with Gasteiger partial charge in [0.25, 0.3) is 0 Å². The SMILES string of the molecule is C1=CN(CCN2CCCCC2)CCS1. The third-order valence-electron chi connectivity index (χ3n) is 3.02. The number of thioether (sulfide) groups is 1. The Hall–Kier alpha value is -0.150. The van der Waals surface area contributed by atoms with Gasteiger partial charge in [-0.25, -0.2) is 0 Å². The fourth-order valence-electron chi connectivity index (χ4n) is 2.08. The Bertz CT molecular complexity index is 188. The van der Waals surface area contributed by atoms with Gasteiger partial charge in [0.1, 0.15) is 0 Å². The summed E-state index contributed by atoms with van der Waals surface area (Å²) in [6.45, 7) is 6.36. The lowest BCUT2D eigenvalue weighted by Gasteiger charge is -2.30. The molecular weight excluding hydrogens is 192 g/mol. The Balaban J connectivity index is 1.65. The van der Waals surface area contributed by atoms with E-state index < -0.39 is 0 Å². The van der Waals surface area contributed by atoms with Crippen LogP contribution < -0.4 is 0 Å². The molecule has 2 rings (SSSR count). The van der Waals surface area contributed by atoms with Gasteiger partial charge in [-0.2, -0.15) is 0 Å². The van der Waals surface area contributed by atoms with Crippen molar-refractivity contribution in [3.63, 3.8) is 0 Å². The van der Waals surface area contributed by atoms with Crippen LogP contribution in [-0.4, -0.2) is 48.3 Å². The van der Waals surface area contributed by atoms with E-state index in [4.69, 9.17) is 0 Å². The first-order valence-corrected chi connectivity index (χ1v) is 6.75. The largest absolute Gasteiger partial charge is 0.375 e. The molecule has 80 valence electrons. The molecule has 3 heteroatoms. The van der Waals surface area contributed by atoms with Gasteiger partial charge < -0.3 is 9.80 Å². The van der Waals surface area contributed by atoms with E-state index in [2.05, 4.69) is 21.4 Å². The lowest BCUT2D eigenvalue weighted by molar-refractivity contribution is 0.206. The average molecular weight is 212 g/mol. The molecule has 0 N–H and O–H groups in total. The molecule has 0 saturated carbocycles. The molecule has 0 aromatic carbocycles. The molecule has 0 spiro atoms. The van der Waals surface area contributed by atoms with Gasteiger partial charge in [-0.05, 0) is 31.3 Å². The van der Waals surface area contributed by atoms with Gasteiger partial charge in [-0.1, -0.05) is 6.42 Å². The molecule has 14 heavy (non-hydrogen) atoms. The van der Waals surface area contributed by atoms with Crippen molar-refractivity contribution < 1.29 is 0 Å². The van der Waals surface area contributed by atoms with Gasteiger partial charge in [-0.3, -0.25) is 0 Å². The van der Waals surface area contributed by atoms with Crippen molar-refractivity contribution in [1.29, 1.82) is 0 Å². The number of likely N-dealkylation sites (tertiary alicyclic amines) is 1. The number of hydrogen-bond donors (Lipinski definition) is 0. The van der Waals surface area contributed by atoms with Crippen LogP contribution in [-0.2, 0) is 0 Å². The highest BCUT2D eigenvalue weighted by Gasteiger charge is 2.11. The first-order chi connectivity index (χ1) is 6.95. The summed E-state index contributed by atoms with van der Waals surface area (Å²) in [5.74, 6) is 1.26. The molecule has 1 saturated heterocycles. The van der Waals surface area contributed by atoms with Crippen molar-refractivity contribution in [3.05, 3.63) is 11.6 Å². The van der Waals surface area contributed by atoms with Crippen molar-refractivity contribution in [2.24, 2.45) is 0 Å². The second kappa shape index (κ2) is 5.66. The molecule has 0 amide bonds. The normalized spacial score (nSPS) is 24.1. The van der Waals surface area contributed by atoms with Gasteiger partial charge in [-0.15, -0.1) is 11.8 Å². The van der Waals surface area contributed by atoms with E-state index in [1.54, 1.807) is 0 Å². The summed E-state index contributed by atoms with van der Waals surface area (Å²) < 4.78 is 0. The number of hydrogen-bond acceptors (Lipinski definition) is 3. The van der Waals surface area contributed by atoms with Crippen molar-refractivity contribution in [1.82, 2.24) is 9.80 Å². The standard InChI is InChI=1S/C11H20N2S/c1-2-4-12(5-3-1)6-7-13-8-10-14-11-9-13/h8,10H,1-7,9,11H2. The van der Waals surface area contributed by atoms with Crippen molar-refractivity contribution >= 4 is 11.8 Å². The molecule has 0 aromatic heterocycles. The predicted octanol–water partition coefficient (Wildman–Crippen LogP) is 1.99. The van der Waals surface area contributed by atoms with E-state index in [1.807, 2.05) is 11.8 Å². The highest BCUT2D eigenvalue weighted by molar-refractivity contribution is 8.02. The minimum atomic E-state index is 1.22. The lowest BCUT2D eigenvalue weighted by Crippen LogP contribution is -2.37. The van der Waals surface area contributed by atoms with Crippen LogP contribution in [0.2, 0.25) is 0 Å². The summed E-state index contributed by atoms with van der Waals surface area (Å²) in [5.41, 5.74) is 0. The Morgan fingerprint density at radius 1 is 1.00 bits per heavy atom. The first-order valence-electron chi connectivity index (χ1n) is 5.70. The van der Waals surface area contributed by atoms with Gasteiger partial charge in [0.05, 0.1) is 0 Å². The van der Waals surface area contributed by atoms with E-state index in [-0.39, 0.29) is 0 Å². The summed E-state index contributed by atoms with van der Waals surface area (Å²) in [4.78, 5) is 5.06. The van der Waals surface area contributed by atoms with E-state index >= 15 is 0 Å². The van der Waals surface area contributed by atoms with Crippen molar-refractivity contribution in [3.8, 4) is 0 Å². The van der Waals surface area contributed by atoms with Gasteiger partial charge in [0.2, 0.25) is 0 Å². The van der Waals surface area contributed by atoms with Crippen molar-refractivity contribution in [2.75, 3.05) is 38.5 Å². The summed E-state index contributed by atoms with van der Waals surface area (Å²) in [6.07, 6.45) is 6.51. The molecule has 2 heterocycles. The highest BCUT2D eigenvalue weighted by Crippen LogP contribution is 2.12. The van der Waals surface area contributed by atoms with Crippen LogP contribution in [0.4, 0.5) is 0 Å². The molecule has 2 nitrogen and oxygen atoms in total. The fraction of sp³-hybridized carbons (Fsp3) is 0.818. The molecule has 2 aliphatic heterocycles. The Morgan fingerprint density at radius 3 is 2.57 bits per heavy atom. The lowest BCUT2D eigenvalue weighted by atomic mass is 10.1. The van der Waals surface area contributed by atoms with Crippen LogP contribution in [0.25, 0.3) is 0 Å². The smallest absolute Gasteiger partial charge is 0.0300 e. The van der Waals surface area contributed by atoms with Gasteiger partial charge >= 0.3 is 0 Å². The third-order valence-corrected chi connectivity index (χ3v) is 3.75. The molecule has 0 aliphatic carbocycles. The second-order valence-electron chi connectivity index (χ2n) is 4.09. The minimum absolute atomic E-state index is 1.22. The Kier molecular flexibility index (Phi) is 4.20. The summed E-state index contributed by atoms with van der Waals surface area (Å²) in [6, 6.07) is 0. The minimum Gasteiger partial charge on any atom is -0.375 e. The maximum absolute atomic E-state index is 2.61. The zero-order valence-electron chi connectivity index (χ0n) is 8.82. The first kappa shape index (κ1) is 10.4. The van der Waals surface area contributed by atoms with E-state index in [0.29, 0.717) is 0 Å². The van der Waals surface area contributed by atoms with Crippen LogP contribution >= 0.6 is 11.8 Å². The van der Waals surface area contributed by atoms with Crippen molar-refractivity contribution in [2.45, 2.75) is 19.3 Å². The molecule has 2 aliphatic rings. The van der Waals surface area contributed by atoms with Crippen LogP contribution in [0.1, 0.15) is 19.3 Å². The molecule has 1 fully saturated rings. The number of nitrogens with zero attached hydrogens (tertiary/aromatic N) is 2. The maximum Gasteiger partial charge on any atom is 0.0300 e. The number of piperidine rings is 1. The van der Waals surface area contributed by atoms with Crippen LogP contribution in [0, 0.1) is 0 Å². The van der Waals surface area contributed by atoms with Crippen LogP contribution in [0.5, 0.6) is 0 Å². The Labute approximate surface area is 91.3 Å². The van der Waals surface area contributed by atoms with Crippen LogP contribution in [0.3, 0.4) is 0 Å². The van der Waals surface area contributed by atoms with Gasteiger partial charge in [0, 0.05) is 31.6 Å². The summed E-state index contributed by atoms with van der Waals surface area (Å²) in [5, 5.41) is 2.22. The monoisotopic (exact) mass is 212 g/mol. The zero-order chi connectivity index (χ0) is 9.64. The summed E-state index contributed by atoms with van der Waals surface area (Å²) >= 11 is 1.92. The zero-order valence-corrected chi connectivity index (χ0v) is 9.64. The molecule has 0 atom stereocenters. The highest BCUT2D eigenvalue weighted by atomic mass is 32.2. The topological polar surface area (TPSA) is 6.48 Å². The van der Waals surface area contributed by atoms with E-state index in [0.717, 1.165) is 0 Å². The second-order valence-corrected chi connectivity index (χ2v) is 5.11. The molecule has 0 aromatic rings. The van der Waals surface area contributed by atoms with E-state index in [1.165, 1.54) is 57.7 Å². The van der Waals surface area contributed by atoms with Gasteiger partial charge in [0.15, 0.2) is 0 Å². The molecule has 0 unspecified atom stereocenters. The predicted molar refractivity (Wildman–Crippen MR) is 63.5 cm³/mol. The average Bonchev–Trinajstić information content (AvgIpc) is 2.29. The fourth-order valence-corrected chi connectivity index (χ4v) is 2.82. The number of rotatable bonds is 3.